The van der Waals surface area contributed by atoms with Crippen LogP contribution >= 0.6 is 0 Å². The summed E-state index contributed by atoms with van der Waals surface area (Å²) < 4.78 is 2.49. The third-order valence-electron chi connectivity index (χ3n) is 7.35. The number of rotatable bonds is 7. The maximum atomic E-state index is 4.91. The molecule has 0 amide bonds. The second-order valence-electron chi connectivity index (χ2n) is 9.35. The summed E-state index contributed by atoms with van der Waals surface area (Å²) in [6.45, 7) is 5.47. The molecule has 3 heteroatoms. The molecule has 0 radical (unpaired) electrons. The van der Waals surface area contributed by atoms with Crippen molar-refractivity contribution in [3.8, 4) is 11.4 Å². The van der Waals surface area contributed by atoms with E-state index in [4.69, 9.17) is 4.98 Å². The Balaban J connectivity index is 1.47. The second-order valence-corrected chi connectivity index (χ2v) is 9.35. The minimum absolute atomic E-state index is 0.558. The van der Waals surface area contributed by atoms with Gasteiger partial charge in [0.2, 0.25) is 0 Å². The summed E-state index contributed by atoms with van der Waals surface area (Å²) in [5, 5.41) is 0. The van der Waals surface area contributed by atoms with Crippen LogP contribution in [0.1, 0.15) is 68.3 Å². The molecular formula is C28H35N3. The third kappa shape index (κ3) is 4.21. The first-order valence-electron chi connectivity index (χ1n) is 12.3. The predicted octanol–water partition coefficient (Wildman–Crippen LogP) is 6.64. The summed E-state index contributed by atoms with van der Waals surface area (Å²) in [6, 6.07) is 20.5. The Kier molecular flexibility index (Phi) is 6.22. The van der Waals surface area contributed by atoms with Crippen LogP contribution in [0.25, 0.3) is 11.4 Å². The van der Waals surface area contributed by atoms with E-state index in [-0.39, 0.29) is 0 Å². The molecular weight excluding hydrogens is 378 g/mol. The van der Waals surface area contributed by atoms with Gasteiger partial charge < -0.3 is 4.57 Å². The van der Waals surface area contributed by atoms with Gasteiger partial charge in [0.15, 0.2) is 0 Å². The van der Waals surface area contributed by atoms with Gasteiger partial charge in [0.05, 0.1) is 11.9 Å². The van der Waals surface area contributed by atoms with Crippen LogP contribution in [-0.2, 0) is 19.5 Å². The Bertz CT molecular complexity index is 985. The molecule has 0 saturated heterocycles. The molecule has 1 aromatic heterocycles. The smallest absolute Gasteiger partial charge is 0.140 e. The summed E-state index contributed by atoms with van der Waals surface area (Å²) in [4.78, 5) is 7.68. The average molecular weight is 414 g/mol. The molecule has 3 aromatic rings. The molecule has 31 heavy (non-hydrogen) atoms. The molecule has 1 fully saturated rings. The van der Waals surface area contributed by atoms with Crippen molar-refractivity contribution in [2.75, 3.05) is 6.54 Å². The zero-order valence-electron chi connectivity index (χ0n) is 18.8. The lowest BCUT2D eigenvalue weighted by Gasteiger charge is -2.41. The van der Waals surface area contributed by atoms with Crippen LogP contribution in [0.15, 0.2) is 60.8 Å². The predicted molar refractivity (Wildman–Crippen MR) is 128 cm³/mol. The molecule has 0 spiro atoms. The Morgan fingerprint density at radius 1 is 0.968 bits per heavy atom. The molecule has 2 aliphatic rings. The molecule has 1 aliphatic carbocycles. The molecule has 1 saturated carbocycles. The highest BCUT2D eigenvalue weighted by atomic mass is 15.2. The van der Waals surface area contributed by atoms with E-state index in [9.17, 15) is 0 Å². The van der Waals surface area contributed by atoms with Crippen molar-refractivity contribution in [3.05, 3.63) is 77.6 Å². The Hall–Kier alpha value is -2.39. The van der Waals surface area contributed by atoms with Crippen molar-refractivity contribution in [1.82, 2.24) is 14.5 Å². The van der Waals surface area contributed by atoms with Crippen LogP contribution in [-0.4, -0.2) is 21.0 Å². The lowest BCUT2D eigenvalue weighted by atomic mass is 9.83. The SMILES string of the molecule is CCCCn1c(CN2CCc3ccccc3C2C2CCCC2)cnc1-c1ccccc1. The fourth-order valence-electron chi connectivity index (χ4n) is 5.78. The summed E-state index contributed by atoms with van der Waals surface area (Å²) in [7, 11) is 0. The number of hydrogen-bond acceptors (Lipinski definition) is 2. The quantitative estimate of drug-likeness (QED) is 0.433. The Labute approximate surface area is 187 Å². The lowest BCUT2D eigenvalue weighted by molar-refractivity contribution is 0.120. The Morgan fingerprint density at radius 2 is 1.74 bits per heavy atom. The van der Waals surface area contributed by atoms with Gasteiger partial charge in [-0.05, 0) is 42.7 Å². The minimum Gasteiger partial charge on any atom is -0.327 e. The van der Waals surface area contributed by atoms with Crippen molar-refractivity contribution >= 4 is 0 Å². The number of nitrogens with zero attached hydrogens (tertiary/aromatic N) is 3. The van der Waals surface area contributed by atoms with E-state index in [0.717, 1.165) is 37.8 Å². The topological polar surface area (TPSA) is 21.1 Å². The number of unbranched alkanes of at least 4 members (excludes halogenated alkanes) is 1. The van der Waals surface area contributed by atoms with E-state index in [1.165, 1.54) is 49.8 Å². The molecule has 0 N–H and O–H groups in total. The van der Waals surface area contributed by atoms with Gasteiger partial charge in [0.1, 0.15) is 5.82 Å². The first kappa shape index (κ1) is 20.5. The van der Waals surface area contributed by atoms with Gasteiger partial charge >= 0.3 is 0 Å². The van der Waals surface area contributed by atoms with Gasteiger partial charge in [-0.25, -0.2) is 4.98 Å². The van der Waals surface area contributed by atoms with Gasteiger partial charge in [0, 0.05) is 31.2 Å². The highest BCUT2D eigenvalue weighted by Crippen LogP contribution is 2.43. The number of imidazole rings is 1. The monoisotopic (exact) mass is 413 g/mol. The van der Waals surface area contributed by atoms with E-state index in [1.54, 1.807) is 11.1 Å². The molecule has 2 aromatic carbocycles. The largest absolute Gasteiger partial charge is 0.327 e. The van der Waals surface area contributed by atoms with Crippen LogP contribution in [0.2, 0.25) is 0 Å². The highest BCUT2D eigenvalue weighted by Gasteiger charge is 2.35. The third-order valence-corrected chi connectivity index (χ3v) is 7.35. The summed E-state index contributed by atoms with van der Waals surface area (Å²) in [6.07, 6.45) is 11.2. The van der Waals surface area contributed by atoms with Gasteiger partial charge in [-0.2, -0.15) is 0 Å². The number of fused-ring (bicyclic) bond motifs is 1. The standard InChI is InChI=1S/C28H35N3/c1-2-3-18-31-25(20-29-28(31)24-14-5-4-6-15-24)21-30-19-17-22-11-9-10-16-26(22)27(30)23-12-7-8-13-23/h4-6,9-11,14-16,20,23,27H,2-3,7-8,12-13,17-19,21H2,1H3. The van der Waals surface area contributed by atoms with Crippen LogP contribution in [0.4, 0.5) is 0 Å². The number of aromatic nitrogens is 2. The fourth-order valence-corrected chi connectivity index (χ4v) is 5.78. The zero-order valence-corrected chi connectivity index (χ0v) is 18.8. The summed E-state index contributed by atoms with van der Waals surface area (Å²) >= 11 is 0. The van der Waals surface area contributed by atoms with Gasteiger partial charge in [-0.15, -0.1) is 0 Å². The van der Waals surface area contributed by atoms with Crippen molar-refractivity contribution < 1.29 is 0 Å². The molecule has 162 valence electrons. The first-order chi connectivity index (χ1) is 15.3. The second kappa shape index (κ2) is 9.40. The average Bonchev–Trinajstić information content (AvgIpc) is 3.48. The van der Waals surface area contributed by atoms with Crippen molar-refractivity contribution in [2.24, 2.45) is 5.92 Å². The Morgan fingerprint density at radius 3 is 2.55 bits per heavy atom. The van der Waals surface area contributed by atoms with Crippen LogP contribution in [0, 0.1) is 5.92 Å². The van der Waals surface area contributed by atoms with Crippen molar-refractivity contribution in [2.45, 2.75) is 71.0 Å². The zero-order chi connectivity index (χ0) is 21.0. The van der Waals surface area contributed by atoms with Crippen LogP contribution < -0.4 is 0 Å². The number of hydrogen-bond donors (Lipinski definition) is 0. The number of benzene rings is 2. The van der Waals surface area contributed by atoms with E-state index < -0.39 is 0 Å². The summed E-state index contributed by atoms with van der Waals surface area (Å²) in [5.74, 6) is 1.92. The van der Waals surface area contributed by atoms with Gasteiger partial charge in [-0.1, -0.05) is 80.8 Å². The molecule has 0 bridgehead atoms. The van der Waals surface area contributed by atoms with Crippen LogP contribution in [0.3, 0.4) is 0 Å². The first-order valence-corrected chi connectivity index (χ1v) is 12.3. The van der Waals surface area contributed by atoms with Gasteiger partial charge in [0.25, 0.3) is 0 Å². The molecule has 1 atom stereocenters. The molecule has 5 rings (SSSR count). The maximum Gasteiger partial charge on any atom is 0.140 e. The normalized spacial score (nSPS) is 19.6. The summed E-state index contributed by atoms with van der Waals surface area (Å²) in [5.41, 5.74) is 5.75. The molecule has 1 unspecified atom stereocenters. The van der Waals surface area contributed by atoms with Crippen LogP contribution in [0.5, 0.6) is 0 Å². The van der Waals surface area contributed by atoms with Gasteiger partial charge in [-0.3, -0.25) is 4.90 Å². The minimum atomic E-state index is 0.558. The van der Waals surface area contributed by atoms with E-state index in [1.807, 2.05) is 0 Å². The molecule has 3 nitrogen and oxygen atoms in total. The fraction of sp³-hybridized carbons (Fsp3) is 0.464. The van der Waals surface area contributed by atoms with E-state index >= 15 is 0 Å². The van der Waals surface area contributed by atoms with Crippen molar-refractivity contribution in [3.63, 3.8) is 0 Å². The lowest BCUT2D eigenvalue weighted by Crippen LogP contribution is -2.38. The van der Waals surface area contributed by atoms with E-state index in [0.29, 0.717) is 6.04 Å². The van der Waals surface area contributed by atoms with E-state index in [2.05, 4.69) is 77.2 Å². The molecule has 1 aliphatic heterocycles. The highest BCUT2D eigenvalue weighted by molar-refractivity contribution is 5.55. The molecule has 2 heterocycles. The maximum absolute atomic E-state index is 4.91. The van der Waals surface area contributed by atoms with Crippen molar-refractivity contribution in [1.29, 1.82) is 0 Å².